The van der Waals surface area contributed by atoms with Crippen molar-refractivity contribution in [2.45, 2.75) is 17.3 Å². The summed E-state index contributed by atoms with van der Waals surface area (Å²) in [6.45, 7) is 0.219. The Morgan fingerprint density at radius 3 is 2.31 bits per heavy atom. The van der Waals surface area contributed by atoms with Crippen molar-refractivity contribution in [3.63, 3.8) is 0 Å². The van der Waals surface area contributed by atoms with E-state index < -0.39 is 44.6 Å². The van der Waals surface area contributed by atoms with E-state index in [-0.39, 0.29) is 16.6 Å². The third-order valence-corrected chi connectivity index (χ3v) is 6.29. The molecule has 0 aliphatic carbocycles. The van der Waals surface area contributed by atoms with Gasteiger partial charge in [-0.1, -0.05) is 29.3 Å². The molecule has 0 radical (unpaired) electrons. The van der Waals surface area contributed by atoms with Gasteiger partial charge < -0.3 is 14.4 Å². The van der Waals surface area contributed by atoms with Crippen molar-refractivity contribution in [3.8, 4) is 5.75 Å². The molecule has 0 aliphatic rings. The molecule has 1 atom stereocenters. The smallest absolute Gasteiger partial charge is 0.465 e. The Kier molecular flexibility index (Phi) is 8.40. The normalized spacial score (nSPS) is 13.2. The van der Waals surface area contributed by atoms with Crippen LogP contribution in [0.3, 0.4) is 0 Å². The van der Waals surface area contributed by atoms with E-state index in [9.17, 15) is 26.4 Å². The molecule has 0 heterocycles. The average molecular weight is 515 g/mol. The molecule has 7 nitrogen and oxygen atoms in total. The Morgan fingerprint density at radius 1 is 1.12 bits per heavy atom. The van der Waals surface area contributed by atoms with Crippen LogP contribution in [0, 0.1) is 0 Å². The standard InChI is InChI=1S/C19H19Cl2F3N2O5S/c1-26(2)10-16(11-4-6-14(20)15(21)8-11)25-32(28,29)12-5-7-17(31-19(22,23)24)13(9-12)18(27)30-3/h4-9,16,25H,10H2,1-3H3/t16-/m0/s1. The molecule has 2 aromatic rings. The first-order valence-electron chi connectivity index (χ1n) is 8.83. The van der Waals surface area contributed by atoms with Crippen LogP contribution in [0.15, 0.2) is 41.3 Å². The lowest BCUT2D eigenvalue weighted by Crippen LogP contribution is -2.35. The summed E-state index contributed by atoms with van der Waals surface area (Å²) in [6.07, 6.45) is -5.09. The molecular formula is C19H19Cl2F3N2O5S. The van der Waals surface area contributed by atoms with E-state index in [1.54, 1.807) is 25.1 Å². The summed E-state index contributed by atoms with van der Waals surface area (Å²) in [5.74, 6) is -2.09. The number of nitrogens with one attached hydrogen (secondary N) is 1. The molecular weight excluding hydrogens is 496 g/mol. The number of methoxy groups -OCH3 is 1. The summed E-state index contributed by atoms with van der Waals surface area (Å²) < 4.78 is 74.6. The number of esters is 1. The van der Waals surface area contributed by atoms with Gasteiger partial charge in [0.15, 0.2) is 0 Å². The van der Waals surface area contributed by atoms with Crippen LogP contribution in [0.4, 0.5) is 13.2 Å². The summed E-state index contributed by atoms with van der Waals surface area (Å²) >= 11 is 12.0. The van der Waals surface area contributed by atoms with Crippen LogP contribution in [0.25, 0.3) is 0 Å². The highest BCUT2D eigenvalue weighted by molar-refractivity contribution is 7.89. The van der Waals surface area contributed by atoms with Crippen molar-refractivity contribution in [1.82, 2.24) is 9.62 Å². The highest BCUT2D eigenvalue weighted by Gasteiger charge is 2.34. The minimum Gasteiger partial charge on any atom is -0.465 e. The Morgan fingerprint density at radius 2 is 1.78 bits per heavy atom. The van der Waals surface area contributed by atoms with E-state index in [0.29, 0.717) is 5.56 Å². The van der Waals surface area contributed by atoms with Gasteiger partial charge in [-0.3, -0.25) is 0 Å². The number of likely N-dealkylation sites (N-methyl/N-ethyl adjacent to an activating group) is 1. The zero-order chi connectivity index (χ0) is 24.3. The molecule has 176 valence electrons. The lowest BCUT2D eigenvalue weighted by atomic mass is 10.1. The number of hydrogen-bond donors (Lipinski definition) is 1. The number of sulfonamides is 1. The van der Waals surface area contributed by atoms with Gasteiger partial charge >= 0.3 is 12.3 Å². The van der Waals surface area contributed by atoms with Gasteiger partial charge in [0.1, 0.15) is 11.3 Å². The van der Waals surface area contributed by atoms with Crippen LogP contribution in [0.2, 0.25) is 10.0 Å². The van der Waals surface area contributed by atoms with Gasteiger partial charge in [0.25, 0.3) is 0 Å². The number of nitrogens with zero attached hydrogens (tertiary/aromatic N) is 1. The number of carbonyl (C=O) groups is 1. The quantitative estimate of drug-likeness (QED) is 0.529. The number of ether oxygens (including phenoxy) is 2. The molecule has 0 saturated heterocycles. The molecule has 1 N–H and O–H groups in total. The van der Waals surface area contributed by atoms with Crippen LogP contribution < -0.4 is 9.46 Å². The Balaban J connectivity index is 2.47. The molecule has 13 heteroatoms. The first-order valence-corrected chi connectivity index (χ1v) is 11.1. The van der Waals surface area contributed by atoms with E-state index in [4.69, 9.17) is 23.2 Å². The molecule has 0 aliphatic heterocycles. The summed E-state index contributed by atoms with van der Waals surface area (Å²) in [5, 5.41) is 0.499. The lowest BCUT2D eigenvalue weighted by molar-refractivity contribution is -0.274. The summed E-state index contributed by atoms with van der Waals surface area (Å²) in [4.78, 5) is 13.2. The van der Waals surface area contributed by atoms with E-state index in [1.807, 2.05) is 0 Å². The third-order valence-electron chi connectivity index (χ3n) is 4.08. The van der Waals surface area contributed by atoms with Gasteiger partial charge in [-0.05, 0) is 50.0 Å². The number of halogens is 5. The maximum atomic E-state index is 13.0. The molecule has 32 heavy (non-hydrogen) atoms. The van der Waals surface area contributed by atoms with Crippen molar-refractivity contribution < 1.29 is 35.9 Å². The first-order chi connectivity index (χ1) is 14.7. The predicted octanol–water partition coefficient (Wildman–Crippen LogP) is 4.26. The fourth-order valence-corrected chi connectivity index (χ4v) is 4.27. The molecule has 0 spiro atoms. The Labute approximate surface area is 193 Å². The summed E-state index contributed by atoms with van der Waals surface area (Å²) in [7, 11) is 0.0821. The molecule has 2 rings (SSSR count). The minimum absolute atomic E-state index is 0.216. The second kappa shape index (κ2) is 10.3. The van der Waals surface area contributed by atoms with Crippen molar-refractivity contribution in [3.05, 3.63) is 57.6 Å². The lowest BCUT2D eigenvalue weighted by Gasteiger charge is -2.23. The first kappa shape index (κ1) is 26.2. The van der Waals surface area contributed by atoms with Gasteiger partial charge in [-0.15, -0.1) is 13.2 Å². The minimum atomic E-state index is -5.09. The second-order valence-electron chi connectivity index (χ2n) is 6.81. The van der Waals surface area contributed by atoms with Crippen molar-refractivity contribution in [2.24, 2.45) is 0 Å². The van der Waals surface area contributed by atoms with Gasteiger partial charge in [0.05, 0.1) is 28.1 Å². The van der Waals surface area contributed by atoms with Gasteiger partial charge in [-0.25, -0.2) is 17.9 Å². The van der Waals surface area contributed by atoms with Crippen molar-refractivity contribution in [2.75, 3.05) is 27.7 Å². The van der Waals surface area contributed by atoms with Crippen LogP contribution in [-0.2, 0) is 14.8 Å². The number of benzene rings is 2. The highest BCUT2D eigenvalue weighted by atomic mass is 35.5. The van der Waals surface area contributed by atoms with Gasteiger partial charge in [0.2, 0.25) is 10.0 Å². The monoisotopic (exact) mass is 514 g/mol. The molecule has 2 aromatic carbocycles. The summed E-state index contributed by atoms with van der Waals surface area (Å²) in [6, 6.07) is 6.17. The SMILES string of the molecule is COC(=O)c1cc(S(=O)(=O)N[C@@H](CN(C)C)c2ccc(Cl)c(Cl)c2)ccc1OC(F)(F)F. The van der Waals surface area contributed by atoms with Gasteiger partial charge in [0, 0.05) is 6.54 Å². The maximum absolute atomic E-state index is 13.0. The number of alkyl halides is 3. The number of carbonyl (C=O) groups excluding carboxylic acids is 1. The average Bonchev–Trinajstić information content (AvgIpc) is 2.67. The van der Waals surface area contributed by atoms with Crippen LogP contribution >= 0.6 is 23.2 Å². The number of hydrogen-bond acceptors (Lipinski definition) is 6. The Bertz CT molecular complexity index is 1090. The van der Waals surface area contributed by atoms with Crippen LogP contribution in [0.5, 0.6) is 5.75 Å². The zero-order valence-corrected chi connectivity index (χ0v) is 19.4. The third kappa shape index (κ3) is 6.97. The summed E-state index contributed by atoms with van der Waals surface area (Å²) in [5.41, 5.74) is -0.201. The fraction of sp³-hybridized carbons (Fsp3) is 0.316. The Hall–Kier alpha value is -2.05. The van der Waals surface area contributed by atoms with Gasteiger partial charge in [-0.2, -0.15) is 0 Å². The maximum Gasteiger partial charge on any atom is 0.573 e. The molecule has 0 bridgehead atoms. The van der Waals surface area contributed by atoms with E-state index >= 15 is 0 Å². The molecule has 0 unspecified atom stereocenters. The molecule has 0 amide bonds. The second-order valence-corrected chi connectivity index (χ2v) is 9.34. The molecule has 0 fully saturated rings. The molecule has 0 saturated carbocycles. The topological polar surface area (TPSA) is 84.9 Å². The van der Waals surface area contributed by atoms with E-state index in [1.165, 1.54) is 12.1 Å². The molecule has 0 aromatic heterocycles. The van der Waals surface area contributed by atoms with Crippen LogP contribution in [0.1, 0.15) is 22.0 Å². The fourth-order valence-electron chi connectivity index (χ4n) is 2.72. The van der Waals surface area contributed by atoms with E-state index in [2.05, 4.69) is 14.2 Å². The number of rotatable bonds is 8. The predicted molar refractivity (Wildman–Crippen MR) is 113 cm³/mol. The van der Waals surface area contributed by atoms with Crippen molar-refractivity contribution in [1.29, 1.82) is 0 Å². The largest absolute Gasteiger partial charge is 0.573 e. The zero-order valence-electron chi connectivity index (χ0n) is 17.0. The van der Waals surface area contributed by atoms with E-state index in [0.717, 1.165) is 25.3 Å². The van der Waals surface area contributed by atoms with Crippen LogP contribution in [-0.4, -0.2) is 53.4 Å². The highest BCUT2D eigenvalue weighted by Crippen LogP contribution is 2.30. The van der Waals surface area contributed by atoms with Crippen molar-refractivity contribution >= 4 is 39.2 Å².